The molecule has 1 spiro atoms. The van der Waals surface area contributed by atoms with Gasteiger partial charge >= 0.3 is 5.97 Å². The Morgan fingerprint density at radius 3 is 2.60 bits per heavy atom. The van der Waals surface area contributed by atoms with Crippen LogP contribution >= 0.6 is 0 Å². The van der Waals surface area contributed by atoms with Crippen molar-refractivity contribution in [3.63, 3.8) is 0 Å². The molecule has 6 rings (SSSR count). The largest absolute Gasteiger partial charge is 0.455 e. The molecular formula is C37H44N6O7. The van der Waals surface area contributed by atoms with Crippen molar-refractivity contribution in [3.05, 3.63) is 85.5 Å². The third-order valence-corrected chi connectivity index (χ3v) is 10.2. The molecule has 3 fully saturated rings. The number of ether oxygens (including phenoxy) is 2. The lowest BCUT2D eigenvalue weighted by atomic mass is 9.70. The molecule has 2 N–H and O–H groups in total. The average molecular weight is 685 g/mol. The molecule has 13 heteroatoms. The first-order valence-electron chi connectivity index (χ1n) is 17.1. The SMILES string of the molecule is C=CCCC(=O)N[C@H](C)[C@@H](OC(=O)[C@@H]1[C@H]2C(=O)N([C@H](C)CO)[C@H](C(=O)N(CC=C)Cn3nnc4ccccc43)[C@]23CC[C@H]1O3)c1ccccc1. The second kappa shape index (κ2) is 14.5. The zero-order valence-corrected chi connectivity index (χ0v) is 28.4. The monoisotopic (exact) mass is 684 g/mol. The standard InChI is InChI=1S/C37H44N6O7/c1-5-7-17-29(45)38-24(4)32(25-13-9-8-10-14-25)49-36(48)30-28-18-19-37(50-28)31(30)34(46)43(23(3)21-44)33(37)35(47)41(20-6-2)22-42-27-16-12-11-15-26(27)39-40-42/h5-6,8-16,23-24,28,30-33,44H,1-2,7,17-22H2,3-4H3,(H,38,45)/t23-,24-,28-,30+,31+,32-,33-,37+/m1/s1. The fourth-order valence-corrected chi connectivity index (χ4v) is 7.87. The Balaban J connectivity index is 1.30. The van der Waals surface area contributed by atoms with Gasteiger partial charge in [-0.2, -0.15) is 0 Å². The fraction of sp³-hybridized carbons (Fsp3) is 0.459. The van der Waals surface area contributed by atoms with Crippen LogP contribution in [0.3, 0.4) is 0 Å². The number of rotatable bonds is 15. The molecular weight excluding hydrogens is 640 g/mol. The Labute approximate surface area is 290 Å². The van der Waals surface area contributed by atoms with Crippen LogP contribution in [0.1, 0.15) is 51.2 Å². The molecule has 13 nitrogen and oxygen atoms in total. The summed E-state index contributed by atoms with van der Waals surface area (Å²) in [5.74, 6) is -3.71. The third kappa shape index (κ3) is 6.20. The molecule has 2 aromatic carbocycles. The quantitative estimate of drug-likeness (QED) is 0.182. The van der Waals surface area contributed by atoms with E-state index in [0.717, 1.165) is 5.52 Å². The molecule has 0 unspecified atom stereocenters. The Morgan fingerprint density at radius 2 is 1.88 bits per heavy atom. The highest BCUT2D eigenvalue weighted by atomic mass is 16.6. The van der Waals surface area contributed by atoms with Crippen LogP contribution in [0, 0.1) is 11.8 Å². The van der Waals surface area contributed by atoms with Crippen molar-refractivity contribution < 1.29 is 33.8 Å². The van der Waals surface area contributed by atoms with Crippen molar-refractivity contribution in [2.45, 2.75) is 82.1 Å². The van der Waals surface area contributed by atoms with Crippen molar-refractivity contribution in [1.82, 2.24) is 30.1 Å². The first kappa shape index (κ1) is 35.0. The maximum Gasteiger partial charge on any atom is 0.313 e. The van der Waals surface area contributed by atoms with Gasteiger partial charge in [0.05, 0.1) is 42.1 Å². The number of esters is 1. The molecule has 50 heavy (non-hydrogen) atoms. The smallest absolute Gasteiger partial charge is 0.313 e. The predicted molar refractivity (Wildman–Crippen MR) is 183 cm³/mol. The molecule has 3 aromatic rings. The van der Waals surface area contributed by atoms with E-state index >= 15 is 0 Å². The second-order valence-corrected chi connectivity index (χ2v) is 13.4. The number of nitrogens with one attached hydrogen (secondary N) is 1. The van der Waals surface area contributed by atoms with Crippen molar-refractivity contribution in [2.75, 3.05) is 13.2 Å². The van der Waals surface area contributed by atoms with Crippen molar-refractivity contribution >= 4 is 34.7 Å². The number of hydrogen-bond acceptors (Lipinski definition) is 9. The molecule has 0 radical (unpaired) electrons. The predicted octanol–water partition coefficient (Wildman–Crippen LogP) is 2.91. The number of para-hydroxylation sites is 1. The minimum Gasteiger partial charge on any atom is -0.455 e. The van der Waals surface area contributed by atoms with Crippen LogP contribution in [0.4, 0.5) is 0 Å². The number of allylic oxidation sites excluding steroid dienone is 1. The number of nitrogens with zero attached hydrogens (tertiary/aromatic N) is 5. The van der Waals surface area contributed by atoms with E-state index in [1.807, 2.05) is 54.6 Å². The molecule has 3 aliphatic rings. The van der Waals surface area contributed by atoms with Gasteiger partial charge in [0.2, 0.25) is 17.7 Å². The van der Waals surface area contributed by atoms with Crippen LogP contribution in [0.2, 0.25) is 0 Å². The highest BCUT2D eigenvalue weighted by molar-refractivity contribution is 5.98. The summed E-state index contributed by atoms with van der Waals surface area (Å²) in [6.07, 6.45) is 3.30. The van der Waals surface area contributed by atoms with Crippen LogP contribution in [0.5, 0.6) is 0 Å². The van der Waals surface area contributed by atoms with Crippen molar-refractivity contribution in [3.8, 4) is 0 Å². The van der Waals surface area contributed by atoms with Gasteiger partial charge in [-0.25, -0.2) is 4.68 Å². The molecule has 2 bridgehead atoms. The van der Waals surface area contributed by atoms with Gasteiger partial charge in [-0.05, 0) is 50.8 Å². The number of amides is 3. The van der Waals surface area contributed by atoms with Gasteiger partial charge in [-0.3, -0.25) is 19.2 Å². The first-order valence-corrected chi connectivity index (χ1v) is 17.1. The van der Waals surface area contributed by atoms with E-state index < -0.39 is 72.2 Å². The number of benzene rings is 2. The number of aliphatic hydroxyl groups excluding tert-OH is 1. The highest BCUT2D eigenvalue weighted by Crippen LogP contribution is 2.59. The number of likely N-dealkylation sites (tertiary alicyclic amines) is 1. The lowest BCUT2D eigenvalue weighted by Crippen LogP contribution is -2.58. The fourth-order valence-electron chi connectivity index (χ4n) is 7.87. The molecule has 1 aromatic heterocycles. The number of carbonyl (C=O) groups is 4. The van der Waals surface area contributed by atoms with Crippen LogP contribution in [0.15, 0.2) is 79.9 Å². The summed E-state index contributed by atoms with van der Waals surface area (Å²) in [5, 5.41) is 21.7. The maximum absolute atomic E-state index is 14.7. The van der Waals surface area contributed by atoms with E-state index in [-0.39, 0.29) is 25.5 Å². The average Bonchev–Trinajstić information content (AvgIpc) is 3.88. The number of aromatic nitrogens is 3. The van der Waals surface area contributed by atoms with Crippen LogP contribution in [-0.2, 0) is 35.3 Å². The molecule has 0 aliphatic carbocycles. The normalized spacial score (nSPS) is 25.5. The van der Waals surface area contributed by atoms with Crippen molar-refractivity contribution in [2.24, 2.45) is 11.8 Å². The van der Waals surface area contributed by atoms with E-state index in [9.17, 15) is 24.3 Å². The molecule has 0 saturated carbocycles. The minimum atomic E-state index is -1.32. The number of aliphatic hydroxyl groups is 1. The number of fused-ring (bicyclic) bond motifs is 2. The number of hydrogen-bond donors (Lipinski definition) is 2. The van der Waals surface area contributed by atoms with Gasteiger partial charge < -0.3 is 29.7 Å². The Kier molecular flexibility index (Phi) is 10.2. The maximum atomic E-state index is 14.7. The van der Waals surface area contributed by atoms with Gasteiger partial charge in [-0.1, -0.05) is 59.8 Å². The van der Waals surface area contributed by atoms with Gasteiger partial charge in [-0.15, -0.1) is 18.3 Å². The van der Waals surface area contributed by atoms with E-state index in [1.54, 1.807) is 30.7 Å². The molecule has 3 aliphatic heterocycles. The van der Waals surface area contributed by atoms with E-state index in [4.69, 9.17) is 9.47 Å². The molecule has 4 heterocycles. The lowest BCUT2D eigenvalue weighted by Gasteiger charge is -2.38. The summed E-state index contributed by atoms with van der Waals surface area (Å²) >= 11 is 0. The van der Waals surface area contributed by atoms with Gasteiger partial charge in [0.25, 0.3) is 0 Å². The van der Waals surface area contributed by atoms with Gasteiger partial charge in [0.15, 0.2) is 0 Å². The van der Waals surface area contributed by atoms with Gasteiger partial charge in [0, 0.05) is 13.0 Å². The molecule has 3 amide bonds. The topological polar surface area (TPSA) is 156 Å². The summed E-state index contributed by atoms with van der Waals surface area (Å²) < 4.78 is 14.4. The van der Waals surface area contributed by atoms with Gasteiger partial charge in [0.1, 0.15) is 29.9 Å². The van der Waals surface area contributed by atoms with Crippen LogP contribution in [0.25, 0.3) is 11.0 Å². The van der Waals surface area contributed by atoms with Crippen molar-refractivity contribution in [1.29, 1.82) is 0 Å². The Morgan fingerprint density at radius 1 is 1.14 bits per heavy atom. The Bertz CT molecular complexity index is 1760. The van der Waals surface area contributed by atoms with Crippen LogP contribution < -0.4 is 5.32 Å². The molecule has 8 atom stereocenters. The first-order chi connectivity index (χ1) is 24.1. The lowest BCUT2D eigenvalue weighted by molar-refractivity contribution is -0.162. The number of carbonyl (C=O) groups excluding carboxylic acids is 4. The second-order valence-electron chi connectivity index (χ2n) is 13.4. The summed E-state index contributed by atoms with van der Waals surface area (Å²) in [6, 6.07) is 14.1. The highest BCUT2D eigenvalue weighted by Gasteiger charge is 2.75. The summed E-state index contributed by atoms with van der Waals surface area (Å²) in [5.41, 5.74) is 0.761. The van der Waals surface area contributed by atoms with Crippen LogP contribution in [-0.4, -0.2) is 96.6 Å². The summed E-state index contributed by atoms with van der Waals surface area (Å²) in [6.45, 7) is 10.7. The van der Waals surface area contributed by atoms with E-state index in [2.05, 4.69) is 28.8 Å². The Hall–Kier alpha value is -4.88. The minimum absolute atomic E-state index is 0.0300. The third-order valence-electron chi connectivity index (χ3n) is 10.2. The zero-order chi connectivity index (χ0) is 35.6. The zero-order valence-electron chi connectivity index (χ0n) is 28.4. The van der Waals surface area contributed by atoms with E-state index in [1.165, 1.54) is 9.80 Å². The summed E-state index contributed by atoms with van der Waals surface area (Å²) in [4.78, 5) is 59.0. The summed E-state index contributed by atoms with van der Waals surface area (Å²) in [7, 11) is 0. The van der Waals surface area contributed by atoms with E-state index in [0.29, 0.717) is 30.3 Å². The molecule has 3 saturated heterocycles. The molecule has 264 valence electrons.